The zero-order chi connectivity index (χ0) is 12.1. The minimum atomic E-state index is -0.322. The molecule has 0 heterocycles. The monoisotopic (exact) mass is 225 g/mol. The Bertz CT molecular complexity index is 255. The van der Waals surface area contributed by atoms with Crippen molar-refractivity contribution in [3.63, 3.8) is 0 Å². The van der Waals surface area contributed by atoms with Crippen LogP contribution in [0.2, 0.25) is 0 Å². The predicted molar refractivity (Wildman–Crippen MR) is 64.0 cm³/mol. The molecule has 1 N–H and O–H groups in total. The molecule has 0 aromatic rings. The van der Waals surface area contributed by atoms with Crippen molar-refractivity contribution in [1.82, 2.24) is 5.32 Å². The van der Waals surface area contributed by atoms with Gasteiger partial charge in [0, 0.05) is 12.3 Å². The summed E-state index contributed by atoms with van der Waals surface area (Å²) in [5, 5.41) is 2.83. The van der Waals surface area contributed by atoms with Gasteiger partial charge in [-0.3, -0.25) is 9.59 Å². The molecule has 16 heavy (non-hydrogen) atoms. The first-order valence-corrected chi connectivity index (χ1v) is 6.37. The van der Waals surface area contributed by atoms with Gasteiger partial charge in [-0.25, -0.2) is 0 Å². The molecule has 92 valence electrons. The molecule has 0 radical (unpaired) electrons. The van der Waals surface area contributed by atoms with Gasteiger partial charge in [0.1, 0.15) is 0 Å². The van der Waals surface area contributed by atoms with Crippen molar-refractivity contribution in [2.75, 3.05) is 0 Å². The minimum Gasteiger partial charge on any atom is -0.346 e. The fourth-order valence-electron chi connectivity index (χ4n) is 2.24. The molecular formula is C13H23NO2. The molecule has 0 aromatic heterocycles. The SMILES string of the molecule is CCC(=O)C(C)NC(=O)C1CCC(C)CC1. The van der Waals surface area contributed by atoms with E-state index in [-0.39, 0.29) is 23.7 Å². The molecule has 1 atom stereocenters. The number of rotatable bonds is 4. The summed E-state index contributed by atoms with van der Waals surface area (Å²) in [5.74, 6) is 1.06. The van der Waals surface area contributed by atoms with E-state index in [1.54, 1.807) is 6.92 Å². The number of amides is 1. The van der Waals surface area contributed by atoms with Crippen LogP contribution < -0.4 is 5.32 Å². The van der Waals surface area contributed by atoms with Crippen LogP contribution in [0.15, 0.2) is 0 Å². The summed E-state index contributed by atoms with van der Waals surface area (Å²) >= 11 is 0. The third kappa shape index (κ3) is 3.62. The highest BCUT2D eigenvalue weighted by Crippen LogP contribution is 2.28. The van der Waals surface area contributed by atoms with E-state index in [1.807, 2.05) is 6.92 Å². The lowest BCUT2D eigenvalue weighted by atomic mass is 9.82. The highest BCUT2D eigenvalue weighted by atomic mass is 16.2. The largest absolute Gasteiger partial charge is 0.346 e. The number of carbonyl (C=O) groups excluding carboxylic acids is 2. The molecule has 3 heteroatoms. The number of hydrogen-bond donors (Lipinski definition) is 1. The van der Waals surface area contributed by atoms with Gasteiger partial charge in [0.15, 0.2) is 5.78 Å². The van der Waals surface area contributed by atoms with Crippen LogP contribution in [0.1, 0.15) is 52.9 Å². The second kappa shape index (κ2) is 6.02. The number of nitrogens with one attached hydrogen (secondary N) is 1. The van der Waals surface area contributed by atoms with Crippen molar-refractivity contribution in [2.24, 2.45) is 11.8 Å². The van der Waals surface area contributed by atoms with Crippen LogP contribution >= 0.6 is 0 Å². The summed E-state index contributed by atoms with van der Waals surface area (Å²) in [4.78, 5) is 23.2. The molecule has 0 bridgehead atoms. The van der Waals surface area contributed by atoms with Crippen molar-refractivity contribution in [3.8, 4) is 0 Å². The summed E-state index contributed by atoms with van der Waals surface area (Å²) in [7, 11) is 0. The van der Waals surface area contributed by atoms with Gasteiger partial charge in [0.25, 0.3) is 0 Å². The molecule has 0 aromatic carbocycles. The molecule has 1 aliphatic carbocycles. The number of Topliss-reactive ketones (excluding diaryl/α,β-unsaturated/α-hetero) is 1. The predicted octanol–water partition coefficient (Wildman–Crippen LogP) is 2.30. The minimum absolute atomic E-state index is 0.0706. The average Bonchev–Trinajstić information content (AvgIpc) is 2.28. The molecule has 1 aliphatic rings. The van der Waals surface area contributed by atoms with Crippen LogP contribution in [0.25, 0.3) is 0 Å². The van der Waals surface area contributed by atoms with E-state index in [0.717, 1.165) is 31.6 Å². The normalized spacial score (nSPS) is 27.2. The van der Waals surface area contributed by atoms with Crippen LogP contribution in [-0.2, 0) is 9.59 Å². The van der Waals surface area contributed by atoms with E-state index in [9.17, 15) is 9.59 Å². The molecule has 1 amide bonds. The highest BCUT2D eigenvalue weighted by Gasteiger charge is 2.25. The zero-order valence-electron chi connectivity index (χ0n) is 10.6. The van der Waals surface area contributed by atoms with Crippen LogP contribution in [0, 0.1) is 11.8 Å². The molecule has 1 fully saturated rings. The molecule has 0 aliphatic heterocycles. The molecule has 1 saturated carbocycles. The van der Waals surface area contributed by atoms with Crippen molar-refractivity contribution in [2.45, 2.75) is 58.9 Å². The van der Waals surface area contributed by atoms with Crippen molar-refractivity contribution < 1.29 is 9.59 Å². The lowest BCUT2D eigenvalue weighted by Gasteiger charge is -2.26. The van der Waals surface area contributed by atoms with Gasteiger partial charge in [-0.15, -0.1) is 0 Å². The summed E-state index contributed by atoms with van der Waals surface area (Å²) in [5.41, 5.74) is 0. The maximum atomic E-state index is 11.9. The first-order chi connectivity index (χ1) is 7.54. The fraction of sp³-hybridized carbons (Fsp3) is 0.846. The topological polar surface area (TPSA) is 46.2 Å². The Morgan fingerprint density at radius 1 is 1.25 bits per heavy atom. The van der Waals surface area contributed by atoms with Gasteiger partial charge < -0.3 is 5.32 Å². The number of hydrogen-bond acceptors (Lipinski definition) is 2. The Morgan fingerprint density at radius 2 is 1.81 bits per heavy atom. The van der Waals surface area contributed by atoms with Gasteiger partial charge in [-0.1, -0.05) is 13.8 Å². The number of ketones is 1. The van der Waals surface area contributed by atoms with Gasteiger partial charge in [0.05, 0.1) is 6.04 Å². The van der Waals surface area contributed by atoms with Crippen molar-refractivity contribution in [1.29, 1.82) is 0 Å². The van der Waals surface area contributed by atoms with Gasteiger partial charge in [-0.05, 0) is 38.5 Å². The van der Waals surface area contributed by atoms with Crippen LogP contribution in [-0.4, -0.2) is 17.7 Å². The molecule has 1 unspecified atom stereocenters. The summed E-state index contributed by atoms with van der Waals surface area (Å²) < 4.78 is 0. The smallest absolute Gasteiger partial charge is 0.223 e. The molecular weight excluding hydrogens is 202 g/mol. The highest BCUT2D eigenvalue weighted by molar-refractivity contribution is 5.89. The maximum absolute atomic E-state index is 11.9. The quantitative estimate of drug-likeness (QED) is 0.798. The molecule has 0 saturated heterocycles. The lowest BCUT2D eigenvalue weighted by molar-refractivity contribution is -0.130. The van der Waals surface area contributed by atoms with Gasteiger partial charge >= 0.3 is 0 Å². The van der Waals surface area contributed by atoms with Crippen LogP contribution in [0.5, 0.6) is 0 Å². The Balaban J connectivity index is 2.37. The van der Waals surface area contributed by atoms with Crippen LogP contribution in [0.4, 0.5) is 0 Å². The lowest BCUT2D eigenvalue weighted by Crippen LogP contribution is -2.42. The van der Waals surface area contributed by atoms with Gasteiger partial charge in [-0.2, -0.15) is 0 Å². The number of carbonyl (C=O) groups is 2. The van der Waals surface area contributed by atoms with Crippen molar-refractivity contribution >= 4 is 11.7 Å². The average molecular weight is 225 g/mol. The van der Waals surface area contributed by atoms with E-state index in [0.29, 0.717) is 6.42 Å². The summed E-state index contributed by atoms with van der Waals surface area (Å²) in [6, 6.07) is -0.322. The Kier molecular flexibility index (Phi) is 4.97. The second-order valence-corrected chi connectivity index (χ2v) is 5.01. The summed E-state index contributed by atoms with van der Waals surface area (Å²) in [6.07, 6.45) is 4.70. The Morgan fingerprint density at radius 3 is 2.31 bits per heavy atom. The molecule has 1 rings (SSSR count). The van der Waals surface area contributed by atoms with E-state index in [1.165, 1.54) is 0 Å². The standard InChI is InChI=1S/C13H23NO2/c1-4-12(15)10(3)14-13(16)11-7-5-9(2)6-8-11/h9-11H,4-8H2,1-3H3,(H,14,16). The van der Waals surface area contributed by atoms with Gasteiger partial charge in [0.2, 0.25) is 5.91 Å². The van der Waals surface area contributed by atoms with E-state index >= 15 is 0 Å². The third-order valence-electron chi connectivity index (χ3n) is 3.58. The Labute approximate surface area is 98.0 Å². The fourth-order valence-corrected chi connectivity index (χ4v) is 2.24. The first kappa shape index (κ1) is 13.2. The maximum Gasteiger partial charge on any atom is 0.223 e. The molecule has 0 spiro atoms. The second-order valence-electron chi connectivity index (χ2n) is 5.01. The van der Waals surface area contributed by atoms with E-state index in [2.05, 4.69) is 12.2 Å². The van der Waals surface area contributed by atoms with Crippen LogP contribution in [0.3, 0.4) is 0 Å². The Hall–Kier alpha value is -0.860. The van der Waals surface area contributed by atoms with E-state index in [4.69, 9.17) is 0 Å². The first-order valence-electron chi connectivity index (χ1n) is 6.37. The molecule has 3 nitrogen and oxygen atoms in total. The summed E-state index contributed by atoms with van der Waals surface area (Å²) in [6.45, 7) is 5.83. The van der Waals surface area contributed by atoms with Crippen molar-refractivity contribution in [3.05, 3.63) is 0 Å². The van der Waals surface area contributed by atoms with E-state index < -0.39 is 0 Å². The third-order valence-corrected chi connectivity index (χ3v) is 3.58. The zero-order valence-corrected chi connectivity index (χ0v) is 10.6.